The van der Waals surface area contributed by atoms with Gasteiger partial charge >= 0.3 is 12.1 Å². The molecule has 0 aliphatic rings. The van der Waals surface area contributed by atoms with Crippen molar-refractivity contribution in [1.82, 2.24) is 4.90 Å². The van der Waals surface area contributed by atoms with Crippen molar-refractivity contribution in [3.05, 3.63) is 0 Å². The summed E-state index contributed by atoms with van der Waals surface area (Å²) in [7, 11) is 0. The third kappa shape index (κ3) is 8.97. The molecule has 0 amide bonds. The Morgan fingerprint density at radius 2 is 2.00 bits per heavy atom. The SMILES string of the molecule is CCCN(CC(=O)O)C(C)CCCC(F)(F)F. The van der Waals surface area contributed by atoms with Gasteiger partial charge in [-0.15, -0.1) is 0 Å². The third-order valence-corrected chi connectivity index (χ3v) is 2.55. The number of nitrogens with zero attached hydrogens (tertiary/aromatic N) is 1. The van der Waals surface area contributed by atoms with Gasteiger partial charge in [0.2, 0.25) is 0 Å². The van der Waals surface area contributed by atoms with Crippen molar-refractivity contribution in [3.8, 4) is 0 Å². The first-order valence-electron chi connectivity index (χ1n) is 5.79. The van der Waals surface area contributed by atoms with Crippen LogP contribution in [-0.4, -0.2) is 41.3 Å². The van der Waals surface area contributed by atoms with Crippen LogP contribution in [0.25, 0.3) is 0 Å². The number of aliphatic carboxylic acids is 1. The van der Waals surface area contributed by atoms with Crippen LogP contribution in [0.15, 0.2) is 0 Å². The van der Waals surface area contributed by atoms with Crippen molar-refractivity contribution < 1.29 is 23.1 Å². The van der Waals surface area contributed by atoms with E-state index in [-0.39, 0.29) is 19.0 Å². The van der Waals surface area contributed by atoms with E-state index in [0.717, 1.165) is 6.42 Å². The van der Waals surface area contributed by atoms with Gasteiger partial charge in [-0.25, -0.2) is 0 Å². The maximum absolute atomic E-state index is 12.0. The Hall–Kier alpha value is -0.780. The highest BCUT2D eigenvalue weighted by Gasteiger charge is 2.27. The van der Waals surface area contributed by atoms with Gasteiger partial charge in [-0.2, -0.15) is 13.2 Å². The fourth-order valence-electron chi connectivity index (χ4n) is 1.70. The van der Waals surface area contributed by atoms with Crippen LogP contribution in [0.4, 0.5) is 13.2 Å². The lowest BCUT2D eigenvalue weighted by molar-refractivity contribution is -0.140. The molecule has 0 radical (unpaired) electrons. The number of carbonyl (C=O) groups is 1. The Balaban J connectivity index is 4.04. The number of hydrogen-bond donors (Lipinski definition) is 1. The van der Waals surface area contributed by atoms with Crippen molar-refractivity contribution in [2.45, 2.75) is 51.7 Å². The van der Waals surface area contributed by atoms with E-state index in [0.29, 0.717) is 13.0 Å². The third-order valence-electron chi connectivity index (χ3n) is 2.55. The number of hydrogen-bond acceptors (Lipinski definition) is 2. The molecule has 0 aliphatic heterocycles. The molecule has 0 bridgehead atoms. The lowest BCUT2D eigenvalue weighted by atomic mass is 10.1. The summed E-state index contributed by atoms with van der Waals surface area (Å²) < 4.78 is 35.9. The van der Waals surface area contributed by atoms with Crippen LogP contribution in [0, 0.1) is 0 Å². The molecule has 3 nitrogen and oxygen atoms in total. The summed E-state index contributed by atoms with van der Waals surface area (Å²) in [6.45, 7) is 4.17. The van der Waals surface area contributed by atoms with Gasteiger partial charge in [0.15, 0.2) is 0 Å². The topological polar surface area (TPSA) is 40.5 Å². The van der Waals surface area contributed by atoms with E-state index in [4.69, 9.17) is 5.11 Å². The summed E-state index contributed by atoms with van der Waals surface area (Å²) >= 11 is 0. The molecular weight excluding hydrogens is 235 g/mol. The number of halogens is 3. The van der Waals surface area contributed by atoms with Crippen molar-refractivity contribution in [1.29, 1.82) is 0 Å². The predicted molar refractivity (Wildman–Crippen MR) is 58.9 cm³/mol. The molecular formula is C11H20F3NO2. The summed E-state index contributed by atoms with van der Waals surface area (Å²) in [4.78, 5) is 12.3. The number of alkyl halides is 3. The van der Waals surface area contributed by atoms with E-state index in [2.05, 4.69) is 0 Å². The number of carboxylic acid groups (broad SMARTS) is 1. The Morgan fingerprint density at radius 3 is 2.41 bits per heavy atom. The number of carboxylic acids is 1. The highest BCUT2D eigenvalue weighted by Crippen LogP contribution is 2.23. The summed E-state index contributed by atoms with van der Waals surface area (Å²) in [5.74, 6) is -0.943. The average Bonchev–Trinajstić information content (AvgIpc) is 2.14. The largest absolute Gasteiger partial charge is 0.480 e. The standard InChI is InChI=1S/C11H20F3NO2/c1-3-7-15(8-10(16)17)9(2)5-4-6-11(12,13)14/h9H,3-8H2,1-2H3,(H,16,17). The summed E-state index contributed by atoms with van der Waals surface area (Å²) in [6, 6.07) is -0.131. The highest BCUT2D eigenvalue weighted by atomic mass is 19.4. The molecule has 1 N–H and O–H groups in total. The molecule has 0 saturated carbocycles. The monoisotopic (exact) mass is 255 g/mol. The van der Waals surface area contributed by atoms with Gasteiger partial charge in [-0.3, -0.25) is 9.69 Å². The predicted octanol–water partition coefficient (Wildman–Crippen LogP) is 2.90. The fraction of sp³-hybridized carbons (Fsp3) is 0.909. The summed E-state index contributed by atoms with van der Waals surface area (Å²) in [5.41, 5.74) is 0. The van der Waals surface area contributed by atoms with Crippen molar-refractivity contribution in [3.63, 3.8) is 0 Å². The Bertz CT molecular complexity index is 231. The van der Waals surface area contributed by atoms with Crippen LogP contribution in [0.5, 0.6) is 0 Å². The molecule has 0 fully saturated rings. The second-order valence-electron chi connectivity index (χ2n) is 4.22. The van der Waals surface area contributed by atoms with Crippen molar-refractivity contribution in [2.75, 3.05) is 13.1 Å². The molecule has 17 heavy (non-hydrogen) atoms. The highest BCUT2D eigenvalue weighted by molar-refractivity contribution is 5.69. The molecule has 0 heterocycles. The zero-order chi connectivity index (χ0) is 13.5. The maximum atomic E-state index is 12.0. The second-order valence-corrected chi connectivity index (χ2v) is 4.22. The lowest BCUT2D eigenvalue weighted by Crippen LogP contribution is -2.38. The van der Waals surface area contributed by atoms with E-state index < -0.39 is 18.6 Å². The Kier molecular flexibility index (Phi) is 7.18. The van der Waals surface area contributed by atoms with E-state index >= 15 is 0 Å². The smallest absolute Gasteiger partial charge is 0.389 e. The minimum atomic E-state index is -4.12. The van der Waals surface area contributed by atoms with Gasteiger partial charge in [0.25, 0.3) is 0 Å². The van der Waals surface area contributed by atoms with E-state index in [9.17, 15) is 18.0 Å². The van der Waals surface area contributed by atoms with Crippen LogP contribution in [0.3, 0.4) is 0 Å². The van der Waals surface area contributed by atoms with Crippen LogP contribution in [0.1, 0.15) is 39.5 Å². The zero-order valence-corrected chi connectivity index (χ0v) is 10.3. The summed E-state index contributed by atoms with van der Waals surface area (Å²) in [5, 5.41) is 8.69. The molecule has 1 atom stereocenters. The van der Waals surface area contributed by atoms with Crippen molar-refractivity contribution >= 4 is 5.97 Å². The summed E-state index contributed by atoms with van der Waals surface area (Å²) in [6.07, 6.45) is -3.72. The molecule has 0 spiro atoms. The molecule has 0 aromatic carbocycles. The van der Waals surface area contributed by atoms with Gasteiger partial charge < -0.3 is 5.11 Å². The molecule has 6 heteroatoms. The lowest BCUT2D eigenvalue weighted by Gasteiger charge is -2.27. The van der Waals surface area contributed by atoms with Crippen LogP contribution in [0.2, 0.25) is 0 Å². The fourth-order valence-corrected chi connectivity index (χ4v) is 1.70. The van der Waals surface area contributed by atoms with Crippen LogP contribution >= 0.6 is 0 Å². The zero-order valence-electron chi connectivity index (χ0n) is 10.3. The quantitative estimate of drug-likeness (QED) is 0.725. The van der Waals surface area contributed by atoms with Crippen molar-refractivity contribution in [2.24, 2.45) is 0 Å². The minimum Gasteiger partial charge on any atom is -0.480 e. The van der Waals surface area contributed by atoms with Crippen LogP contribution < -0.4 is 0 Å². The molecule has 102 valence electrons. The van der Waals surface area contributed by atoms with E-state index in [1.54, 1.807) is 11.8 Å². The van der Waals surface area contributed by atoms with E-state index in [1.807, 2.05) is 6.92 Å². The molecule has 0 aromatic heterocycles. The van der Waals surface area contributed by atoms with Gasteiger partial charge in [0, 0.05) is 12.5 Å². The molecule has 1 unspecified atom stereocenters. The first kappa shape index (κ1) is 16.2. The maximum Gasteiger partial charge on any atom is 0.389 e. The molecule has 0 aromatic rings. The first-order valence-corrected chi connectivity index (χ1v) is 5.79. The normalized spacial score (nSPS) is 14.0. The Morgan fingerprint density at radius 1 is 1.41 bits per heavy atom. The number of rotatable bonds is 8. The average molecular weight is 255 g/mol. The Labute approximate surface area is 99.6 Å². The molecule has 0 aliphatic carbocycles. The van der Waals surface area contributed by atoms with Gasteiger partial charge in [0.1, 0.15) is 0 Å². The second kappa shape index (κ2) is 7.53. The van der Waals surface area contributed by atoms with Gasteiger partial charge in [0.05, 0.1) is 6.54 Å². The van der Waals surface area contributed by atoms with E-state index in [1.165, 1.54) is 0 Å². The van der Waals surface area contributed by atoms with Gasteiger partial charge in [-0.1, -0.05) is 6.92 Å². The molecule has 0 saturated heterocycles. The molecule has 0 rings (SSSR count). The van der Waals surface area contributed by atoms with Crippen LogP contribution in [-0.2, 0) is 4.79 Å². The first-order chi connectivity index (χ1) is 7.76. The minimum absolute atomic E-state index is 0.0461. The van der Waals surface area contributed by atoms with Gasteiger partial charge in [-0.05, 0) is 32.7 Å².